The number of carbonyl (C=O) groups is 1. The van der Waals surface area contributed by atoms with Crippen molar-refractivity contribution >= 4 is 21.6 Å². The van der Waals surface area contributed by atoms with E-state index in [0.717, 1.165) is 40.1 Å². The van der Waals surface area contributed by atoms with Gasteiger partial charge in [0.15, 0.2) is 0 Å². The SMILES string of the molecule is Cc1cc(C)cc(N(CC(=O)NC(C)c2ccc3c(c2)CCC3)S(C)(=O)=O)c1. The number of carbonyl (C=O) groups excluding carboxylic acids is 1. The summed E-state index contributed by atoms with van der Waals surface area (Å²) in [6.07, 6.45) is 4.51. The Morgan fingerprint density at radius 1 is 1.07 bits per heavy atom. The van der Waals surface area contributed by atoms with Crippen LogP contribution in [0.5, 0.6) is 0 Å². The molecule has 0 spiro atoms. The summed E-state index contributed by atoms with van der Waals surface area (Å²) in [5, 5.41) is 2.94. The van der Waals surface area contributed by atoms with E-state index in [1.165, 1.54) is 17.5 Å². The van der Waals surface area contributed by atoms with E-state index in [-0.39, 0.29) is 18.5 Å². The third-order valence-electron chi connectivity index (χ3n) is 5.18. The number of hydrogen-bond acceptors (Lipinski definition) is 3. The third-order valence-corrected chi connectivity index (χ3v) is 6.32. The number of aryl methyl sites for hydroxylation is 4. The third kappa shape index (κ3) is 4.73. The van der Waals surface area contributed by atoms with Crippen molar-refractivity contribution in [2.45, 2.75) is 46.1 Å². The molecule has 0 saturated carbocycles. The molecule has 0 aliphatic heterocycles. The van der Waals surface area contributed by atoms with Crippen LogP contribution in [0.25, 0.3) is 0 Å². The molecule has 1 aliphatic rings. The zero-order valence-electron chi connectivity index (χ0n) is 17.0. The van der Waals surface area contributed by atoms with Crippen molar-refractivity contribution in [3.8, 4) is 0 Å². The van der Waals surface area contributed by atoms with Crippen molar-refractivity contribution in [1.29, 1.82) is 0 Å². The van der Waals surface area contributed by atoms with Crippen molar-refractivity contribution in [2.75, 3.05) is 17.1 Å². The van der Waals surface area contributed by atoms with Crippen molar-refractivity contribution < 1.29 is 13.2 Å². The van der Waals surface area contributed by atoms with Crippen LogP contribution in [-0.4, -0.2) is 27.1 Å². The van der Waals surface area contributed by atoms with E-state index >= 15 is 0 Å². The second-order valence-electron chi connectivity index (χ2n) is 7.79. The zero-order valence-corrected chi connectivity index (χ0v) is 17.8. The van der Waals surface area contributed by atoms with Gasteiger partial charge >= 0.3 is 0 Å². The summed E-state index contributed by atoms with van der Waals surface area (Å²) in [7, 11) is -3.58. The fourth-order valence-corrected chi connectivity index (χ4v) is 4.70. The molecule has 1 N–H and O–H groups in total. The summed E-state index contributed by atoms with van der Waals surface area (Å²) in [6, 6.07) is 11.7. The maximum absolute atomic E-state index is 12.6. The number of nitrogens with one attached hydrogen (secondary N) is 1. The van der Waals surface area contributed by atoms with Crippen molar-refractivity contribution in [1.82, 2.24) is 5.32 Å². The van der Waals surface area contributed by atoms with Gasteiger partial charge in [-0.25, -0.2) is 8.42 Å². The van der Waals surface area contributed by atoms with E-state index in [2.05, 4.69) is 17.4 Å². The van der Waals surface area contributed by atoms with Crippen LogP contribution < -0.4 is 9.62 Å². The van der Waals surface area contributed by atoms with Crippen molar-refractivity contribution in [3.05, 3.63) is 64.2 Å². The van der Waals surface area contributed by atoms with E-state index in [1.807, 2.05) is 32.9 Å². The molecule has 6 heteroatoms. The number of benzene rings is 2. The summed E-state index contributed by atoms with van der Waals surface area (Å²) in [5.74, 6) is -0.322. The van der Waals surface area contributed by atoms with Gasteiger partial charge in [0.1, 0.15) is 6.54 Å². The topological polar surface area (TPSA) is 66.5 Å². The standard InChI is InChI=1S/C22H28N2O3S/c1-15-10-16(2)12-21(11-15)24(28(4,26)27)14-22(25)23-17(3)19-9-8-18-6-5-7-20(18)13-19/h8-13,17H,5-7,14H2,1-4H3,(H,23,25). The maximum Gasteiger partial charge on any atom is 0.241 e. The number of hydrogen-bond donors (Lipinski definition) is 1. The molecule has 3 rings (SSSR count). The molecule has 0 saturated heterocycles. The fraction of sp³-hybridized carbons (Fsp3) is 0.409. The van der Waals surface area contributed by atoms with Gasteiger partial charge in [0.2, 0.25) is 15.9 Å². The Bertz CT molecular complexity index is 979. The predicted octanol–water partition coefficient (Wildman–Crippen LogP) is 3.44. The summed E-state index contributed by atoms with van der Waals surface area (Å²) in [4.78, 5) is 12.6. The first-order valence-corrected chi connectivity index (χ1v) is 11.5. The molecule has 0 bridgehead atoms. The highest BCUT2D eigenvalue weighted by molar-refractivity contribution is 7.92. The average Bonchev–Trinajstić information content (AvgIpc) is 3.05. The highest BCUT2D eigenvalue weighted by Gasteiger charge is 2.23. The second-order valence-corrected chi connectivity index (χ2v) is 9.69. The molecule has 0 aromatic heterocycles. The minimum absolute atomic E-state index is 0.181. The number of amides is 1. The minimum atomic E-state index is -3.58. The molecule has 5 nitrogen and oxygen atoms in total. The van der Waals surface area contributed by atoms with E-state index in [0.29, 0.717) is 5.69 Å². The van der Waals surface area contributed by atoms with Gasteiger partial charge in [0.05, 0.1) is 18.0 Å². The molecule has 2 aromatic carbocycles. The lowest BCUT2D eigenvalue weighted by atomic mass is 10.0. The normalized spacial score (nSPS) is 14.4. The lowest BCUT2D eigenvalue weighted by Gasteiger charge is -2.24. The summed E-state index contributed by atoms with van der Waals surface area (Å²) in [6.45, 7) is 5.51. The van der Waals surface area contributed by atoms with Gasteiger partial charge in [-0.2, -0.15) is 0 Å². The van der Waals surface area contributed by atoms with Gasteiger partial charge in [-0.15, -0.1) is 0 Å². The molecule has 1 aliphatic carbocycles. The molecule has 28 heavy (non-hydrogen) atoms. The lowest BCUT2D eigenvalue weighted by molar-refractivity contribution is -0.120. The summed E-state index contributed by atoms with van der Waals surface area (Å²) < 4.78 is 25.8. The van der Waals surface area contributed by atoms with E-state index in [1.54, 1.807) is 12.1 Å². The van der Waals surface area contributed by atoms with E-state index in [9.17, 15) is 13.2 Å². The van der Waals surface area contributed by atoms with Gasteiger partial charge in [-0.3, -0.25) is 9.10 Å². The van der Waals surface area contributed by atoms with Crippen molar-refractivity contribution in [2.24, 2.45) is 0 Å². The highest BCUT2D eigenvalue weighted by atomic mass is 32.2. The first-order chi connectivity index (χ1) is 13.1. The Kier molecular flexibility index (Phi) is 5.79. The van der Waals surface area contributed by atoms with Crippen LogP contribution in [0.4, 0.5) is 5.69 Å². The summed E-state index contributed by atoms with van der Waals surface area (Å²) in [5.41, 5.74) is 6.21. The average molecular weight is 401 g/mol. The highest BCUT2D eigenvalue weighted by Crippen LogP contribution is 2.26. The van der Waals surface area contributed by atoms with Gasteiger partial charge in [-0.1, -0.05) is 24.3 Å². The molecule has 0 radical (unpaired) electrons. The van der Waals surface area contributed by atoms with Crippen molar-refractivity contribution in [3.63, 3.8) is 0 Å². The minimum Gasteiger partial charge on any atom is -0.348 e. The quantitative estimate of drug-likeness (QED) is 0.808. The maximum atomic E-state index is 12.6. The number of rotatable bonds is 6. The van der Waals surface area contributed by atoms with E-state index in [4.69, 9.17) is 0 Å². The Labute approximate surface area is 167 Å². The number of anilines is 1. The van der Waals surface area contributed by atoms with Gasteiger partial charge in [0.25, 0.3) is 0 Å². The zero-order chi connectivity index (χ0) is 20.5. The Balaban J connectivity index is 1.75. The number of nitrogens with zero attached hydrogens (tertiary/aromatic N) is 1. The first-order valence-electron chi connectivity index (χ1n) is 9.60. The number of sulfonamides is 1. The van der Waals surface area contributed by atoms with Crippen LogP contribution in [0.15, 0.2) is 36.4 Å². The monoisotopic (exact) mass is 400 g/mol. The molecule has 1 atom stereocenters. The summed E-state index contributed by atoms with van der Waals surface area (Å²) >= 11 is 0. The van der Waals surface area contributed by atoms with Crippen LogP contribution in [0.3, 0.4) is 0 Å². The first kappa shape index (κ1) is 20.4. The second kappa shape index (κ2) is 7.95. The fourth-order valence-electron chi connectivity index (χ4n) is 3.86. The van der Waals surface area contributed by atoms with E-state index < -0.39 is 10.0 Å². The molecule has 1 unspecified atom stereocenters. The van der Waals surface area contributed by atoms with Gasteiger partial charge in [0, 0.05) is 0 Å². The predicted molar refractivity (Wildman–Crippen MR) is 113 cm³/mol. The van der Waals surface area contributed by atoms with Crippen LogP contribution >= 0.6 is 0 Å². The molecule has 0 heterocycles. The van der Waals surface area contributed by atoms with Gasteiger partial charge in [-0.05, 0) is 80.0 Å². The molecule has 150 valence electrons. The molecular weight excluding hydrogens is 372 g/mol. The Hall–Kier alpha value is -2.34. The molecule has 1 amide bonds. The lowest BCUT2D eigenvalue weighted by Crippen LogP contribution is -2.41. The smallest absolute Gasteiger partial charge is 0.241 e. The van der Waals surface area contributed by atoms with Gasteiger partial charge < -0.3 is 5.32 Å². The number of fused-ring (bicyclic) bond motifs is 1. The Morgan fingerprint density at radius 2 is 1.71 bits per heavy atom. The molecule has 0 fully saturated rings. The Morgan fingerprint density at radius 3 is 2.36 bits per heavy atom. The van der Waals surface area contributed by atoms with Crippen LogP contribution in [0, 0.1) is 13.8 Å². The van der Waals surface area contributed by atoms with Crippen LogP contribution in [-0.2, 0) is 27.7 Å². The largest absolute Gasteiger partial charge is 0.348 e. The van der Waals surface area contributed by atoms with Crippen LogP contribution in [0.2, 0.25) is 0 Å². The molecular formula is C22H28N2O3S. The van der Waals surface area contributed by atoms with Crippen LogP contribution in [0.1, 0.15) is 47.2 Å². The molecule has 2 aromatic rings.